The summed E-state index contributed by atoms with van der Waals surface area (Å²) in [5.74, 6) is 14.3. The quantitative estimate of drug-likeness (QED) is 0.130. The second-order valence-electron chi connectivity index (χ2n) is 18.5. The van der Waals surface area contributed by atoms with Crippen LogP contribution in [-0.2, 0) is 0 Å². The second-order valence-corrected chi connectivity index (χ2v) is 18.5. The van der Waals surface area contributed by atoms with Crippen LogP contribution < -0.4 is 0 Å². The van der Waals surface area contributed by atoms with E-state index in [-0.39, 0.29) is 14.9 Å². The maximum absolute atomic E-state index is 4.54. The Morgan fingerprint density at radius 2 is 1.13 bits per heavy atom. The van der Waals surface area contributed by atoms with Crippen LogP contribution in [0.4, 0.5) is 0 Å². The van der Waals surface area contributed by atoms with E-state index >= 15 is 0 Å². The minimum Gasteiger partial charge on any atom is -0.103 e. The Morgan fingerprint density at radius 3 is 1.70 bits per heavy atom. The molecule has 0 aliphatic heterocycles. The van der Waals surface area contributed by atoms with Gasteiger partial charge in [0.05, 0.1) is 0 Å². The molecule has 47 heavy (non-hydrogen) atoms. The highest BCUT2D eigenvalue weighted by atomic mass is 14.6. The van der Waals surface area contributed by atoms with Crippen molar-refractivity contribution < 1.29 is 0 Å². The zero-order valence-electron chi connectivity index (χ0n) is 30.8. The SMILES string of the molecule is C.C.C=CC(CC(C)C1C2CCCCC2C(C2CCCC2C2CCC(CCCCC)CC2)C2CCCCC21)C(CCC)C1CCCC1. The minimum atomic E-state index is 0. The van der Waals surface area contributed by atoms with Crippen molar-refractivity contribution >= 4 is 0 Å². The smallest absolute Gasteiger partial charge is 0.0203 e. The summed E-state index contributed by atoms with van der Waals surface area (Å²) in [4.78, 5) is 0. The van der Waals surface area contributed by atoms with Gasteiger partial charge in [-0.3, -0.25) is 0 Å². The van der Waals surface area contributed by atoms with Crippen LogP contribution in [-0.4, -0.2) is 0 Å². The summed E-state index contributed by atoms with van der Waals surface area (Å²) in [5, 5.41) is 0. The van der Waals surface area contributed by atoms with Crippen molar-refractivity contribution in [2.45, 2.75) is 203 Å². The highest BCUT2D eigenvalue weighted by Crippen LogP contribution is 2.63. The van der Waals surface area contributed by atoms with Gasteiger partial charge in [-0.15, -0.1) is 6.58 Å². The fraction of sp³-hybridized carbons (Fsp3) is 0.957. The molecule has 0 aromatic heterocycles. The monoisotopic (exact) mass is 651 g/mol. The molecular formula is C47H86. The molecule has 6 aliphatic carbocycles. The molecule has 6 fully saturated rings. The Labute approximate surface area is 297 Å². The number of unbranched alkanes of at least 4 members (excludes halogenated alkanes) is 2. The molecule has 0 saturated heterocycles. The molecule has 0 aromatic rings. The molecule has 0 bridgehead atoms. The molecule has 0 amide bonds. The van der Waals surface area contributed by atoms with Crippen molar-refractivity contribution in [3.8, 4) is 0 Å². The van der Waals surface area contributed by atoms with E-state index in [0.29, 0.717) is 0 Å². The van der Waals surface area contributed by atoms with Gasteiger partial charge in [0.2, 0.25) is 0 Å². The van der Waals surface area contributed by atoms with Gasteiger partial charge >= 0.3 is 0 Å². The van der Waals surface area contributed by atoms with Crippen LogP contribution >= 0.6 is 0 Å². The summed E-state index contributed by atoms with van der Waals surface area (Å²) in [5.41, 5.74) is 0. The fourth-order valence-electron chi connectivity index (χ4n) is 14.6. The van der Waals surface area contributed by atoms with E-state index in [0.717, 1.165) is 82.9 Å². The second kappa shape index (κ2) is 19.4. The number of fused-ring (bicyclic) bond motifs is 2. The molecule has 6 saturated carbocycles. The Hall–Kier alpha value is -0.260. The van der Waals surface area contributed by atoms with Crippen LogP contribution in [0.1, 0.15) is 203 Å². The summed E-state index contributed by atoms with van der Waals surface area (Å²) in [6.45, 7) is 12.1. The highest BCUT2D eigenvalue weighted by molar-refractivity contribution is 5.05. The molecule has 0 aromatic carbocycles. The molecule has 0 nitrogen and oxygen atoms in total. The van der Waals surface area contributed by atoms with E-state index < -0.39 is 0 Å². The summed E-state index contributed by atoms with van der Waals surface area (Å²) < 4.78 is 0. The minimum absolute atomic E-state index is 0. The predicted molar refractivity (Wildman–Crippen MR) is 210 cm³/mol. The van der Waals surface area contributed by atoms with Crippen LogP contribution in [0.3, 0.4) is 0 Å². The fourth-order valence-corrected chi connectivity index (χ4v) is 14.6. The van der Waals surface area contributed by atoms with Gasteiger partial charge in [-0.25, -0.2) is 0 Å². The lowest BCUT2D eigenvalue weighted by atomic mass is 9.45. The van der Waals surface area contributed by atoms with Crippen molar-refractivity contribution in [3.05, 3.63) is 12.7 Å². The third kappa shape index (κ3) is 8.98. The lowest BCUT2D eigenvalue weighted by molar-refractivity contribution is -0.112. The predicted octanol–water partition coefficient (Wildman–Crippen LogP) is 15.4. The van der Waals surface area contributed by atoms with Gasteiger partial charge < -0.3 is 0 Å². The molecule has 0 radical (unpaired) electrons. The Kier molecular flexibility index (Phi) is 16.3. The van der Waals surface area contributed by atoms with Crippen molar-refractivity contribution in [3.63, 3.8) is 0 Å². The van der Waals surface area contributed by atoms with E-state index in [1.807, 2.05) is 0 Å². The Morgan fingerprint density at radius 1 is 0.596 bits per heavy atom. The third-order valence-electron chi connectivity index (χ3n) is 16.3. The zero-order chi connectivity index (χ0) is 31.2. The molecular weight excluding hydrogens is 565 g/mol. The standard InChI is InChI=1S/C45H78.2CH4/c1-5-8-9-18-33-27-29-36(30-28-33)38-25-16-26-39(38)45-42-23-14-12-21-40(42)44(41-22-13-15-24-43(41)45)32(4)31-34(7-3)37(17-6-2)35-19-10-11-20-35;;/h7,32-45H,3,5-6,8-31H2,1-2,4H3;2*1H4. The number of rotatable bonds is 14. The first kappa shape index (κ1) is 39.5. The third-order valence-corrected chi connectivity index (χ3v) is 16.3. The van der Waals surface area contributed by atoms with Gasteiger partial charge in [-0.05, 0) is 147 Å². The van der Waals surface area contributed by atoms with Gasteiger partial charge in [-0.2, -0.15) is 0 Å². The van der Waals surface area contributed by atoms with Gasteiger partial charge in [0, 0.05) is 0 Å². The lowest BCUT2D eigenvalue weighted by Gasteiger charge is -2.60. The molecule has 0 spiro atoms. The molecule has 0 heterocycles. The van der Waals surface area contributed by atoms with E-state index in [1.165, 1.54) is 83.5 Å². The summed E-state index contributed by atoms with van der Waals surface area (Å²) in [6.07, 6.45) is 42.3. The van der Waals surface area contributed by atoms with Crippen molar-refractivity contribution in [1.29, 1.82) is 0 Å². The molecule has 274 valence electrons. The van der Waals surface area contributed by atoms with Crippen LogP contribution in [0, 0.1) is 82.9 Å². The van der Waals surface area contributed by atoms with E-state index in [4.69, 9.17) is 0 Å². The van der Waals surface area contributed by atoms with Gasteiger partial charge in [0.25, 0.3) is 0 Å². The summed E-state index contributed by atoms with van der Waals surface area (Å²) in [6, 6.07) is 0. The molecule has 6 aliphatic rings. The molecule has 0 heteroatoms. The van der Waals surface area contributed by atoms with E-state index in [2.05, 4.69) is 33.4 Å². The average molecular weight is 651 g/mol. The van der Waals surface area contributed by atoms with Crippen LogP contribution in [0.25, 0.3) is 0 Å². The van der Waals surface area contributed by atoms with E-state index in [1.54, 1.807) is 83.5 Å². The first-order valence-electron chi connectivity index (χ1n) is 21.8. The number of hydrogen-bond donors (Lipinski definition) is 0. The normalized spacial score (nSPS) is 39.5. The van der Waals surface area contributed by atoms with Gasteiger partial charge in [0.1, 0.15) is 0 Å². The maximum atomic E-state index is 4.54. The molecule has 9 atom stereocenters. The first-order chi connectivity index (χ1) is 22.1. The van der Waals surface area contributed by atoms with Gasteiger partial charge in [-0.1, -0.05) is 144 Å². The number of allylic oxidation sites excluding steroid dienone is 1. The molecule has 6 rings (SSSR count). The Balaban J connectivity index is 0.00000250. The van der Waals surface area contributed by atoms with Crippen LogP contribution in [0.15, 0.2) is 12.7 Å². The van der Waals surface area contributed by atoms with Gasteiger partial charge in [0.15, 0.2) is 0 Å². The maximum Gasteiger partial charge on any atom is -0.0203 e. The summed E-state index contributed by atoms with van der Waals surface area (Å²) in [7, 11) is 0. The van der Waals surface area contributed by atoms with Crippen LogP contribution in [0.5, 0.6) is 0 Å². The highest BCUT2D eigenvalue weighted by Gasteiger charge is 2.56. The largest absolute Gasteiger partial charge is 0.103 e. The van der Waals surface area contributed by atoms with Crippen molar-refractivity contribution in [2.24, 2.45) is 82.9 Å². The first-order valence-corrected chi connectivity index (χ1v) is 21.8. The van der Waals surface area contributed by atoms with Crippen LogP contribution in [0.2, 0.25) is 0 Å². The van der Waals surface area contributed by atoms with E-state index in [9.17, 15) is 0 Å². The topological polar surface area (TPSA) is 0 Å². The average Bonchev–Trinajstić information content (AvgIpc) is 3.79. The van der Waals surface area contributed by atoms with Crippen molar-refractivity contribution in [2.75, 3.05) is 0 Å². The zero-order valence-corrected chi connectivity index (χ0v) is 30.8. The number of hydrogen-bond acceptors (Lipinski definition) is 0. The molecule has 9 unspecified atom stereocenters. The van der Waals surface area contributed by atoms with Crippen molar-refractivity contribution in [1.82, 2.24) is 0 Å². The summed E-state index contributed by atoms with van der Waals surface area (Å²) >= 11 is 0. The Bertz CT molecular complexity index is 833. The molecule has 0 N–H and O–H groups in total. The lowest BCUT2D eigenvalue weighted by Crippen LogP contribution is -2.53.